The predicted octanol–water partition coefficient (Wildman–Crippen LogP) is 4.40. The van der Waals surface area contributed by atoms with Crippen molar-refractivity contribution >= 4 is 22.7 Å². The zero-order chi connectivity index (χ0) is 10.5. The van der Waals surface area contributed by atoms with E-state index in [2.05, 4.69) is 41.5 Å². The average Bonchev–Trinajstić information content (AvgIpc) is 2.87. The number of thiophene rings is 2. The molecule has 0 N–H and O–H groups in total. The van der Waals surface area contributed by atoms with Crippen molar-refractivity contribution < 1.29 is 0 Å². The molecule has 2 rings (SSSR count). The second-order valence-electron chi connectivity index (χ2n) is 2.91. The molecule has 0 aliphatic carbocycles. The van der Waals surface area contributed by atoms with E-state index in [1.165, 1.54) is 9.75 Å². The topological polar surface area (TPSA) is 0 Å². The van der Waals surface area contributed by atoms with Crippen LogP contribution in [0.25, 0.3) is 9.75 Å². The highest BCUT2D eigenvalue weighted by Crippen LogP contribution is 2.30. The minimum atomic E-state index is 1.12. The Morgan fingerprint density at radius 1 is 1.20 bits per heavy atom. The summed E-state index contributed by atoms with van der Waals surface area (Å²) >= 11 is 3.51. The van der Waals surface area contributed by atoms with Gasteiger partial charge in [0.15, 0.2) is 0 Å². The lowest BCUT2D eigenvalue weighted by Gasteiger charge is -1.86. The van der Waals surface area contributed by atoms with Gasteiger partial charge in [-0.05, 0) is 36.6 Å². The lowest BCUT2D eigenvalue weighted by Crippen LogP contribution is -1.57. The fraction of sp³-hybridized carbons (Fsp3) is 0.0769. The molecule has 2 heteroatoms. The first kappa shape index (κ1) is 10.2. The monoisotopic (exact) mass is 230 g/mol. The molecule has 0 saturated heterocycles. The Labute approximate surface area is 97.9 Å². The molecular weight excluding hydrogens is 220 g/mol. The van der Waals surface area contributed by atoms with Crippen LogP contribution in [0.2, 0.25) is 0 Å². The highest BCUT2D eigenvalue weighted by atomic mass is 32.1. The van der Waals surface area contributed by atoms with Crippen molar-refractivity contribution in [2.45, 2.75) is 6.92 Å². The first-order valence-electron chi connectivity index (χ1n) is 4.66. The standard InChI is InChI=1S/C13H10S2/c1-2-3-4-6-11-8-9-13(15-11)12-7-5-10-14-12/h2-3,5,7-10H,1H3/b3-2-. The molecule has 0 unspecified atom stereocenters. The van der Waals surface area contributed by atoms with Gasteiger partial charge in [-0.2, -0.15) is 0 Å². The zero-order valence-electron chi connectivity index (χ0n) is 8.36. The smallest absolute Gasteiger partial charge is 0.0778 e. The number of hydrogen-bond acceptors (Lipinski definition) is 2. The molecule has 0 spiro atoms. The normalized spacial score (nSPS) is 10.2. The summed E-state index contributed by atoms with van der Waals surface area (Å²) in [6.45, 7) is 1.97. The fourth-order valence-electron chi connectivity index (χ4n) is 1.15. The Morgan fingerprint density at radius 3 is 2.87 bits per heavy atom. The van der Waals surface area contributed by atoms with Crippen molar-refractivity contribution in [3.05, 3.63) is 46.7 Å². The first-order valence-corrected chi connectivity index (χ1v) is 6.36. The minimum absolute atomic E-state index is 1.12. The van der Waals surface area contributed by atoms with Crippen molar-refractivity contribution in [1.82, 2.24) is 0 Å². The molecule has 15 heavy (non-hydrogen) atoms. The van der Waals surface area contributed by atoms with Gasteiger partial charge in [0.1, 0.15) is 0 Å². The van der Waals surface area contributed by atoms with E-state index in [4.69, 9.17) is 0 Å². The Balaban J connectivity index is 2.22. The van der Waals surface area contributed by atoms with E-state index in [0.29, 0.717) is 0 Å². The van der Waals surface area contributed by atoms with Crippen LogP contribution in [0.3, 0.4) is 0 Å². The van der Waals surface area contributed by atoms with Crippen LogP contribution in [0.4, 0.5) is 0 Å². The lowest BCUT2D eigenvalue weighted by molar-refractivity contribution is 1.76. The second-order valence-corrected chi connectivity index (χ2v) is 4.94. The second kappa shape index (κ2) is 4.97. The molecule has 74 valence electrons. The molecule has 0 radical (unpaired) electrons. The Morgan fingerprint density at radius 2 is 2.13 bits per heavy atom. The SMILES string of the molecule is C/C=C\C#Cc1ccc(-c2cccs2)s1. The molecule has 0 atom stereocenters. The molecule has 0 fully saturated rings. The molecule has 0 saturated carbocycles. The summed E-state index contributed by atoms with van der Waals surface area (Å²) in [6.07, 6.45) is 3.81. The van der Waals surface area contributed by atoms with E-state index in [9.17, 15) is 0 Å². The maximum absolute atomic E-state index is 3.11. The van der Waals surface area contributed by atoms with Gasteiger partial charge in [0.25, 0.3) is 0 Å². The number of hydrogen-bond donors (Lipinski definition) is 0. The van der Waals surface area contributed by atoms with Gasteiger partial charge in [-0.3, -0.25) is 0 Å². The highest BCUT2D eigenvalue weighted by Gasteiger charge is 2.01. The van der Waals surface area contributed by atoms with Gasteiger partial charge in [0.05, 0.1) is 4.88 Å². The molecule has 2 aromatic rings. The Kier molecular flexibility index (Phi) is 3.39. The van der Waals surface area contributed by atoms with Gasteiger partial charge in [-0.15, -0.1) is 22.7 Å². The van der Waals surface area contributed by atoms with Crippen LogP contribution in [0.5, 0.6) is 0 Å². The number of rotatable bonds is 1. The van der Waals surface area contributed by atoms with Crippen LogP contribution >= 0.6 is 22.7 Å². The van der Waals surface area contributed by atoms with Crippen LogP contribution in [0.15, 0.2) is 41.8 Å². The molecule has 2 heterocycles. The van der Waals surface area contributed by atoms with Crippen LogP contribution in [-0.4, -0.2) is 0 Å². The third-order valence-corrected chi connectivity index (χ3v) is 3.88. The summed E-state index contributed by atoms with van der Waals surface area (Å²) in [4.78, 5) is 3.74. The molecule has 0 bridgehead atoms. The van der Waals surface area contributed by atoms with Gasteiger partial charge >= 0.3 is 0 Å². The van der Waals surface area contributed by atoms with Crippen LogP contribution in [0, 0.1) is 11.8 Å². The van der Waals surface area contributed by atoms with Crippen molar-refractivity contribution in [3.8, 4) is 21.6 Å². The molecule has 0 nitrogen and oxygen atoms in total. The van der Waals surface area contributed by atoms with Gasteiger partial charge < -0.3 is 0 Å². The number of allylic oxidation sites excluding steroid dienone is 2. The van der Waals surface area contributed by atoms with E-state index in [0.717, 1.165) is 4.88 Å². The zero-order valence-corrected chi connectivity index (χ0v) is 9.99. The Hall–Kier alpha value is -1.30. The quantitative estimate of drug-likeness (QED) is 0.637. The largest absolute Gasteiger partial charge is 0.143 e. The van der Waals surface area contributed by atoms with E-state index in [-0.39, 0.29) is 0 Å². The minimum Gasteiger partial charge on any atom is -0.143 e. The fourth-order valence-corrected chi connectivity index (χ4v) is 2.85. The molecule has 2 aromatic heterocycles. The van der Waals surface area contributed by atoms with E-state index in [1.54, 1.807) is 22.7 Å². The third kappa shape index (κ3) is 2.59. The maximum Gasteiger partial charge on any atom is 0.0778 e. The Bertz CT molecular complexity index is 504. The van der Waals surface area contributed by atoms with Gasteiger partial charge in [0.2, 0.25) is 0 Å². The first-order chi connectivity index (χ1) is 7.40. The van der Waals surface area contributed by atoms with E-state index in [1.807, 2.05) is 19.1 Å². The van der Waals surface area contributed by atoms with Crippen LogP contribution < -0.4 is 0 Å². The molecule has 0 aliphatic heterocycles. The summed E-state index contributed by atoms with van der Waals surface area (Å²) in [5, 5.41) is 2.10. The van der Waals surface area contributed by atoms with Crippen molar-refractivity contribution in [1.29, 1.82) is 0 Å². The summed E-state index contributed by atoms with van der Waals surface area (Å²) in [7, 11) is 0. The van der Waals surface area contributed by atoms with Crippen molar-refractivity contribution in [3.63, 3.8) is 0 Å². The van der Waals surface area contributed by atoms with Crippen molar-refractivity contribution in [2.24, 2.45) is 0 Å². The molecular formula is C13H10S2. The van der Waals surface area contributed by atoms with Crippen LogP contribution in [0.1, 0.15) is 11.8 Å². The highest BCUT2D eigenvalue weighted by molar-refractivity contribution is 7.21. The lowest BCUT2D eigenvalue weighted by atomic mass is 10.3. The van der Waals surface area contributed by atoms with Crippen molar-refractivity contribution in [2.75, 3.05) is 0 Å². The van der Waals surface area contributed by atoms with E-state index < -0.39 is 0 Å². The summed E-state index contributed by atoms with van der Waals surface area (Å²) in [5.74, 6) is 6.11. The maximum atomic E-state index is 3.11. The van der Waals surface area contributed by atoms with Gasteiger partial charge in [-0.25, -0.2) is 0 Å². The third-order valence-electron chi connectivity index (χ3n) is 1.82. The van der Waals surface area contributed by atoms with E-state index >= 15 is 0 Å². The molecule has 0 aliphatic rings. The molecule has 0 aromatic carbocycles. The summed E-state index contributed by atoms with van der Waals surface area (Å²) in [6, 6.07) is 8.43. The van der Waals surface area contributed by atoms with Gasteiger partial charge in [-0.1, -0.05) is 24.0 Å². The average molecular weight is 230 g/mol. The van der Waals surface area contributed by atoms with Gasteiger partial charge in [0, 0.05) is 9.75 Å². The summed E-state index contributed by atoms with van der Waals surface area (Å²) < 4.78 is 0. The predicted molar refractivity (Wildman–Crippen MR) is 69.3 cm³/mol. The molecule has 0 amide bonds. The summed E-state index contributed by atoms with van der Waals surface area (Å²) in [5.41, 5.74) is 0. The van der Waals surface area contributed by atoms with Crippen LogP contribution in [-0.2, 0) is 0 Å².